The lowest BCUT2D eigenvalue weighted by molar-refractivity contribution is -0.120. The van der Waals surface area contributed by atoms with Crippen LogP contribution in [-0.2, 0) is 14.8 Å². The van der Waals surface area contributed by atoms with Gasteiger partial charge in [-0.1, -0.05) is 6.07 Å². The summed E-state index contributed by atoms with van der Waals surface area (Å²) in [5.74, 6) is 0.414. The first kappa shape index (κ1) is 21.3. The monoisotopic (exact) mass is 416 g/mol. The summed E-state index contributed by atoms with van der Waals surface area (Å²) < 4.78 is 32.6. The predicted molar refractivity (Wildman–Crippen MR) is 114 cm³/mol. The molecule has 1 aliphatic rings. The van der Waals surface area contributed by atoms with Gasteiger partial charge in [-0.05, 0) is 80.6 Å². The maximum atomic E-state index is 13.0. The molecule has 1 heterocycles. The number of aryl methyl sites for hydroxylation is 3. The van der Waals surface area contributed by atoms with Crippen LogP contribution in [0, 0.1) is 26.7 Å². The number of amides is 1. The van der Waals surface area contributed by atoms with Crippen LogP contribution in [0.15, 0.2) is 41.3 Å². The summed E-state index contributed by atoms with van der Waals surface area (Å²) in [4.78, 5) is 12.9. The second-order valence-corrected chi connectivity index (χ2v) is 9.54. The molecule has 1 amide bonds. The van der Waals surface area contributed by atoms with Crippen molar-refractivity contribution >= 4 is 21.6 Å². The van der Waals surface area contributed by atoms with E-state index in [0.29, 0.717) is 31.7 Å². The average Bonchev–Trinajstić information content (AvgIpc) is 2.70. The van der Waals surface area contributed by atoms with E-state index in [1.54, 1.807) is 25.3 Å². The summed E-state index contributed by atoms with van der Waals surface area (Å²) in [6.45, 7) is 6.52. The van der Waals surface area contributed by atoms with E-state index < -0.39 is 10.0 Å². The topological polar surface area (TPSA) is 75.7 Å². The van der Waals surface area contributed by atoms with E-state index in [4.69, 9.17) is 4.74 Å². The summed E-state index contributed by atoms with van der Waals surface area (Å²) in [6, 6.07) is 10.7. The van der Waals surface area contributed by atoms with Gasteiger partial charge in [0.05, 0.1) is 12.0 Å². The highest BCUT2D eigenvalue weighted by Gasteiger charge is 2.32. The minimum atomic E-state index is -3.58. The van der Waals surface area contributed by atoms with Crippen molar-refractivity contribution in [2.75, 3.05) is 25.5 Å². The zero-order valence-electron chi connectivity index (χ0n) is 17.4. The Morgan fingerprint density at radius 1 is 1.00 bits per heavy atom. The highest BCUT2D eigenvalue weighted by atomic mass is 32.2. The molecule has 6 nitrogen and oxygen atoms in total. The van der Waals surface area contributed by atoms with Gasteiger partial charge in [0, 0.05) is 24.7 Å². The molecule has 1 fully saturated rings. The van der Waals surface area contributed by atoms with Crippen LogP contribution >= 0.6 is 0 Å². The lowest BCUT2D eigenvalue weighted by atomic mass is 9.97. The molecular formula is C22H28N2O4S. The molecule has 156 valence electrons. The Morgan fingerprint density at radius 3 is 2.28 bits per heavy atom. The normalized spacial score (nSPS) is 15.9. The minimum Gasteiger partial charge on any atom is -0.496 e. The van der Waals surface area contributed by atoms with Crippen LogP contribution in [0.1, 0.15) is 29.5 Å². The fourth-order valence-electron chi connectivity index (χ4n) is 3.58. The van der Waals surface area contributed by atoms with Crippen molar-refractivity contribution in [1.29, 1.82) is 0 Å². The quantitative estimate of drug-likeness (QED) is 0.807. The van der Waals surface area contributed by atoms with Crippen molar-refractivity contribution in [2.24, 2.45) is 5.92 Å². The number of rotatable bonds is 5. The smallest absolute Gasteiger partial charge is 0.243 e. The number of nitrogens with zero attached hydrogens (tertiary/aromatic N) is 1. The van der Waals surface area contributed by atoms with Gasteiger partial charge in [-0.25, -0.2) is 8.42 Å². The lowest BCUT2D eigenvalue weighted by Gasteiger charge is -2.30. The number of anilines is 1. The van der Waals surface area contributed by atoms with E-state index in [-0.39, 0.29) is 16.7 Å². The molecule has 0 saturated carbocycles. The largest absolute Gasteiger partial charge is 0.496 e. The zero-order chi connectivity index (χ0) is 21.2. The number of piperidine rings is 1. The number of hydrogen-bond acceptors (Lipinski definition) is 4. The number of benzene rings is 2. The highest BCUT2D eigenvalue weighted by Crippen LogP contribution is 2.28. The van der Waals surface area contributed by atoms with Crippen LogP contribution in [-0.4, -0.2) is 38.8 Å². The summed E-state index contributed by atoms with van der Waals surface area (Å²) in [5, 5.41) is 2.96. The Balaban J connectivity index is 1.64. The van der Waals surface area contributed by atoms with Crippen LogP contribution in [0.25, 0.3) is 0 Å². The molecule has 2 aromatic carbocycles. The van der Waals surface area contributed by atoms with E-state index in [1.165, 1.54) is 9.87 Å². The van der Waals surface area contributed by atoms with Gasteiger partial charge >= 0.3 is 0 Å². The van der Waals surface area contributed by atoms with Crippen LogP contribution in [0.4, 0.5) is 5.69 Å². The Labute approximate surface area is 172 Å². The minimum absolute atomic E-state index is 0.0504. The Morgan fingerprint density at radius 2 is 1.69 bits per heavy atom. The van der Waals surface area contributed by atoms with Crippen LogP contribution < -0.4 is 10.1 Å². The third-order valence-corrected chi connectivity index (χ3v) is 7.50. The number of ether oxygens (including phenoxy) is 1. The van der Waals surface area contributed by atoms with Gasteiger partial charge in [0.2, 0.25) is 15.9 Å². The highest BCUT2D eigenvalue weighted by molar-refractivity contribution is 7.89. The third kappa shape index (κ3) is 4.62. The van der Waals surface area contributed by atoms with Gasteiger partial charge in [-0.3, -0.25) is 4.79 Å². The zero-order valence-corrected chi connectivity index (χ0v) is 18.2. The van der Waals surface area contributed by atoms with Gasteiger partial charge in [0.25, 0.3) is 0 Å². The van der Waals surface area contributed by atoms with Crippen molar-refractivity contribution in [3.05, 3.63) is 53.1 Å². The van der Waals surface area contributed by atoms with Gasteiger partial charge < -0.3 is 10.1 Å². The molecule has 1 saturated heterocycles. The molecule has 3 rings (SSSR count). The standard InChI is InChI=1S/C22H28N2O4S/c1-15-5-6-19(13-16(15)2)23-22(25)18-9-11-24(12-10-18)29(26,27)20-7-8-21(28-4)17(3)14-20/h5-8,13-14,18H,9-12H2,1-4H3,(H,23,25). The molecule has 1 N–H and O–H groups in total. The van der Waals surface area contributed by atoms with Crippen molar-refractivity contribution in [1.82, 2.24) is 4.31 Å². The van der Waals surface area contributed by atoms with E-state index in [9.17, 15) is 13.2 Å². The average molecular weight is 417 g/mol. The number of methoxy groups -OCH3 is 1. The summed E-state index contributed by atoms with van der Waals surface area (Å²) >= 11 is 0. The third-order valence-electron chi connectivity index (χ3n) is 5.60. The molecule has 0 aromatic heterocycles. The van der Waals surface area contributed by atoms with E-state index in [1.807, 2.05) is 39.0 Å². The second-order valence-electron chi connectivity index (χ2n) is 7.60. The Hall–Kier alpha value is -2.38. The molecule has 0 atom stereocenters. The molecule has 2 aromatic rings. The molecule has 0 aliphatic carbocycles. The van der Waals surface area contributed by atoms with Gasteiger partial charge in [-0.15, -0.1) is 0 Å². The molecule has 7 heteroatoms. The molecule has 0 spiro atoms. The maximum Gasteiger partial charge on any atom is 0.243 e. The maximum absolute atomic E-state index is 13.0. The number of hydrogen-bond donors (Lipinski definition) is 1. The van der Waals surface area contributed by atoms with E-state index in [2.05, 4.69) is 5.32 Å². The van der Waals surface area contributed by atoms with Crippen LogP contribution in [0.2, 0.25) is 0 Å². The van der Waals surface area contributed by atoms with Crippen LogP contribution in [0.3, 0.4) is 0 Å². The molecule has 0 radical (unpaired) electrons. The van der Waals surface area contributed by atoms with Gasteiger partial charge in [0.1, 0.15) is 5.75 Å². The Kier molecular flexibility index (Phi) is 6.29. The first-order valence-corrected chi connectivity index (χ1v) is 11.2. The lowest BCUT2D eigenvalue weighted by Crippen LogP contribution is -2.41. The van der Waals surface area contributed by atoms with Crippen molar-refractivity contribution in [3.63, 3.8) is 0 Å². The fraction of sp³-hybridized carbons (Fsp3) is 0.409. The SMILES string of the molecule is COc1ccc(S(=O)(=O)N2CCC(C(=O)Nc3ccc(C)c(C)c3)CC2)cc1C. The fourth-order valence-corrected chi connectivity index (χ4v) is 5.14. The molecular weight excluding hydrogens is 388 g/mol. The first-order valence-electron chi connectivity index (χ1n) is 9.75. The number of sulfonamides is 1. The number of carbonyl (C=O) groups is 1. The summed E-state index contributed by atoms with van der Waals surface area (Å²) in [5.41, 5.74) is 3.85. The molecule has 0 unspecified atom stereocenters. The van der Waals surface area contributed by atoms with Gasteiger partial charge in [-0.2, -0.15) is 4.31 Å². The second kappa shape index (κ2) is 8.55. The summed E-state index contributed by atoms with van der Waals surface area (Å²) in [6.07, 6.45) is 1.01. The van der Waals surface area contributed by atoms with Crippen molar-refractivity contribution in [3.8, 4) is 5.75 Å². The van der Waals surface area contributed by atoms with Crippen molar-refractivity contribution in [2.45, 2.75) is 38.5 Å². The van der Waals surface area contributed by atoms with E-state index in [0.717, 1.165) is 16.8 Å². The molecule has 29 heavy (non-hydrogen) atoms. The number of carbonyl (C=O) groups excluding carboxylic acids is 1. The molecule has 0 bridgehead atoms. The van der Waals surface area contributed by atoms with Crippen LogP contribution in [0.5, 0.6) is 5.75 Å². The van der Waals surface area contributed by atoms with Crippen molar-refractivity contribution < 1.29 is 17.9 Å². The number of nitrogens with one attached hydrogen (secondary N) is 1. The van der Waals surface area contributed by atoms with Gasteiger partial charge in [0.15, 0.2) is 0 Å². The predicted octanol–water partition coefficient (Wildman–Crippen LogP) is 3.66. The van der Waals surface area contributed by atoms with E-state index >= 15 is 0 Å². The first-order chi connectivity index (χ1) is 13.7. The summed E-state index contributed by atoms with van der Waals surface area (Å²) in [7, 11) is -2.02. The molecule has 1 aliphatic heterocycles. The Bertz CT molecular complexity index is 1010.